The summed E-state index contributed by atoms with van der Waals surface area (Å²) >= 11 is 0. The molecule has 0 unspecified atom stereocenters. The predicted octanol–water partition coefficient (Wildman–Crippen LogP) is 2.13. The average Bonchev–Trinajstić information content (AvgIpc) is 2.33. The predicted molar refractivity (Wildman–Crippen MR) is 72.0 cm³/mol. The Balaban J connectivity index is 2.15. The Kier molecular flexibility index (Phi) is 3.26. The summed E-state index contributed by atoms with van der Waals surface area (Å²) < 4.78 is 0. The maximum Gasteiger partial charge on any atom is 0.269 e. The van der Waals surface area contributed by atoms with Crippen LogP contribution in [0, 0.1) is 10.1 Å². The van der Waals surface area contributed by atoms with Gasteiger partial charge in [-0.3, -0.25) is 15.0 Å². The molecule has 0 amide bonds. The van der Waals surface area contributed by atoms with Gasteiger partial charge >= 0.3 is 0 Å². The molecule has 0 N–H and O–H groups in total. The van der Waals surface area contributed by atoms with Crippen LogP contribution in [0.4, 0.5) is 11.4 Å². The van der Waals surface area contributed by atoms with E-state index in [-0.39, 0.29) is 16.1 Å². The molecule has 1 aliphatic rings. The van der Waals surface area contributed by atoms with Crippen LogP contribution in [-0.4, -0.2) is 42.0 Å². The fourth-order valence-electron chi connectivity index (χ4n) is 2.25. The van der Waals surface area contributed by atoms with Crippen LogP contribution < -0.4 is 4.90 Å². The lowest BCUT2D eigenvalue weighted by atomic mass is 9.99. The van der Waals surface area contributed by atoms with Crippen molar-refractivity contribution in [2.24, 2.45) is 0 Å². The Morgan fingerprint density at radius 3 is 2.33 bits per heavy atom. The number of nitro groups is 1. The number of non-ortho nitro benzene ring substituents is 1. The summed E-state index contributed by atoms with van der Waals surface area (Å²) in [5, 5.41) is 10.6. The monoisotopic (exact) mass is 249 g/mol. The Morgan fingerprint density at radius 2 is 1.83 bits per heavy atom. The van der Waals surface area contributed by atoms with Crippen LogP contribution in [0.1, 0.15) is 13.8 Å². The molecule has 18 heavy (non-hydrogen) atoms. The normalized spacial score (nSPS) is 19.8. The van der Waals surface area contributed by atoms with Crippen LogP contribution in [0.15, 0.2) is 24.3 Å². The lowest BCUT2D eigenvalue weighted by Gasteiger charge is -2.46. The molecule has 98 valence electrons. The van der Waals surface area contributed by atoms with Crippen molar-refractivity contribution < 1.29 is 4.92 Å². The summed E-state index contributed by atoms with van der Waals surface area (Å²) in [4.78, 5) is 14.9. The summed E-state index contributed by atoms with van der Waals surface area (Å²) in [6.45, 7) is 7.32. The first-order chi connectivity index (χ1) is 8.40. The molecule has 0 atom stereocenters. The van der Waals surface area contributed by atoms with Crippen LogP contribution in [0.5, 0.6) is 0 Å². The fraction of sp³-hybridized carbons (Fsp3) is 0.538. The number of piperazine rings is 1. The van der Waals surface area contributed by atoms with Crippen LogP contribution in [0.3, 0.4) is 0 Å². The van der Waals surface area contributed by atoms with Crippen molar-refractivity contribution in [1.29, 1.82) is 0 Å². The van der Waals surface area contributed by atoms with Crippen molar-refractivity contribution in [1.82, 2.24) is 4.90 Å². The Hall–Kier alpha value is -1.62. The van der Waals surface area contributed by atoms with Crippen molar-refractivity contribution in [3.05, 3.63) is 34.4 Å². The lowest BCUT2D eigenvalue weighted by molar-refractivity contribution is -0.384. The molecule has 0 radical (unpaired) electrons. The molecule has 1 heterocycles. The SMILES string of the molecule is CN1CCN(c2ccc([N+](=O)[O-])cc2)CC1(C)C. The third kappa shape index (κ3) is 2.46. The Labute approximate surface area is 107 Å². The summed E-state index contributed by atoms with van der Waals surface area (Å²) in [5.74, 6) is 0. The van der Waals surface area contributed by atoms with Crippen LogP contribution in [-0.2, 0) is 0 Å². The number of hydrogen-bond acceptors (Lipinski definition) is 4. The minimum Gasteiger partial charge on any atom is -0.368 e. The zero-order valence-electron chi connectivity index (χ0n) is 11.1. The van der Waals surface area contributed by atoms with Gasteiger partial charge in [-0.15, -0.1) is 0 Å². The van der Waals surface area contributed by atoms with E-state index in [0.29, 0.717) is 0 Å². The summed E-state index contributed by atoms with van der Waals surface area (Å²) in [6, 6.07) is 6.81. The second kappa shape index (κ2) is 4.57. The highest BCUT2D eigenvalue weighted by molar-refractivity contribution is 5.51. The largest absolute Gasteiger partial charge is 0.368 e. The molecule has 0 saturated carbocycles. The van der Waals surface area contributed by atoms with Crippen molar-refractivity contribution >= 4 is 11.4 Å². The van der Waals surface area contributed by atoms with Gasteiger partial charge < -0.3 is 4.90 Å². The molecule has 5 heteroatoms. The number of likely N-dealkylation sites (N-methyl/N-ethyl adjacent to an activating group) is 1. The van der Waals surface area contributed by atoms with Gasteiger partial charge in [0.05, 0.1) is 4.92 Å². The number of rotatable bonds is 2. The summed E-state index contributed by atoms with van der Waals surface area (Å²) in [5.41, 5.74) is 1.33. The maximum absolute atomic E-state index is 10.6. The van der Waals surface area contributed by atoms with Crippen molar-refractivity contribution in [3.63, 3.8) is 0 Å². The van der Waals surface area contributed by atoms with Gasteiger partial charge in [-0.05, 0) is 33.0 Å². The minimum atomic E-state index is -0.363. The molecule has 5 nitrogen and oxygen atoms in total. The van der Waals surface area contributed by atoms with Gasteiger partial charge in [-0.2, -0.15) is 0 Å². The number of nitrogens with zero attached hydrogens (tertiary/aromatic N) is 3. The first kappa shape index (κ1) is 12.8. The third-order valence-corrected chi connectivity index (χ3v) is 3.74. The first-order valence-electron chi connectivity index (χ1n) is 6.11. The van der Waals surface area contributed by atoms with E-state index in [9.17, 15) is 10.1 Å². The van der Waals surface area contributed by atoms with E-state index in [1.165, 1.54) is 0 Å². The van der Waals surface area contributed by atoms with Gasteiger partial charge in [0, 0.05) is 43.0 Å². The van der Waals surface area contributed by atoms with E-state index >= 15 is 0 Å². The van der Waals surface area contributed by atoms with Gasteiger partial charge in [0.2, 0.25) is 0 Å². The van der Waals surface area contributed by atoms with Gasteiger partial charge in [-0.1, -0.05) is 0 Å². The highest BCUT2D eigenvalue weighted by Crippen LogP contribution is 2.25. The topological polar surface area (TPSA) is 49.6 Å². The number of nitro benzene ring substituents is 1. The smallest absolute Gasteiger partial charge is 0.269 e. The Morgan fingerprint density at radius 1 is 1.22 bits per heavy atom. The van der Waals surface area contributed by atoms with Crippen LogP contribution >= 0.6 is 0 Å². The van der Waals surface area contributed by atoms with Gasteiger partial charge in [0.1, 0.15) is 0 Å². The summed E-state index contributed by atoms with van der Waals surface area (Å²) in [6.07, 6.45) is 0. The van der Waals surface area contributed by atoms with Crippen molar-refractivity contribution in [3.8, 4) is 0 Å². The molecule has 0 spiro atoms. The number of benzene rings is 1. The quantitative estimate of drug-likeness (QED) is 0.595. The van der Waals surface area contributed by atoms with Crippen molar-refractivity contribution in [2.75, 3.05) is 31.6 Å². The minimum absolute atomic E-state index is 0.125. The van der Waals surface area contributed by atoms with E-state index in [2.05, 4.69) is 30.7 Å². The maximum atomic E-state index is 10.6. The van der Waals surface area contributed by atoms with E-state index in [4.69, 9.17) is 0 Å². The molecule has 1 aromatic rings. The molecule has 0 bridgehead atoms. The van der Waals surface area contributed by atoms with E-state index < -0.39 is 0 Å². The van der Waals surface area contributed by atoms with E-state index in [1.807, 2.05) is 12.1 Å². The molecule has 0 aliphatic carbocycles. The molecular weight excluding hydrogens is 230 g/mol. The molecular formula is C13H19N3O2. The third-order valence-electron chi connectivity index (χ3n) is 3.74. The highest BCUT2D eigenvalue weighted by atomic mass is 16.6. The summed E-state index contributed by atoms with van der Waals surface area (Å²) in [7, 11) is 2.13. The second-order valence-electron chi connectivity index (χ2n) is 5.43. The van der Waals surface area contributed by atoms with Crippen LogP contribution in [0.25, 0.3) is 0 Å². The molecule has 1 saturated heterocycles. The zero-order valence-corrected chi connectivity index (χ0v) is 11.1. The fourth-order valence-corrected chi connectivity index (χ4v) is 2.25. The lowest BCUT2D eigenvalue weighted by Crippen LogP contribution is -2.57. The number of anilines is 1. The molecule has 2 rings (SSSR count). The second-order valence-corrected chi connectivity index (χ2v) is 5.43. The van der Waals surface area contributed by atoms with Gasteiger partial charge in [0.15, 0.2) is 0 Å². The van der Waals surface area contributed by atoms with Gasteiger partial charge in [0.25, 0.3) is 5.69 Å². The van der Waals surface area contributed by atoms with Crippen molar-refractivity contribution in [2.45, 2.75) is 19.4 Å². The van der Waals surface area contributed by atoms with E-state index in [1.54, 1.807) is 12.1 Å². The molecule has 0 aromatic heterocycles. The number of hydrogen-bond donors (Lipinski definition) is 0. The van der Waals surface area contributed by atoms with Crippen LogP contribution in [0.2, 0.25) is 0 Å². The molecule has 1 aliphatic heterocycles. The molecule has 1 aromatic carbocycles. The Bertz CT molecular complexity index is 442. The van der Waals surface area contributed by atoms with E-state index in [0.717, 1.165) is 25.3 Å². The standard InChI is InChI=1S/C13H19N3O2/c1-13(2)10-15(9-8-14(13)3)11-4-6-12(7-5-11)16(17)18/h4-7H,8-10H2,1-3H3. The zero-order chi connectivity index (χ0) is 13.3. The average molecular weight is 249 g/mol. The van der Waals surface area contributed by atoms with Gasteiger partial charge in [-0.25, -0.2) is 0 Å². The molecule has 1 fully saturated rings. The highest BCUT2D eigenvalue weighted by Gasteiger charge is 2.31. The first-order valence-corrected chi connectivity index (χ1v) is 6.11.